The quantitative estimate of drug-likeness (QED) is 0.692. The predicted octanol–water partition coefficient (Wildman–Crippen LogP) is 2.07. The van der Waals surface area contributed by atoms with E-state index in [2.05, 4.69) is 5.32 Å². The summed E-state index contributed by atoms with van der Waals surface area (Å²) in [4.78, 5) is 53.6. The summed E-state index contributed by atoms with van der Waals surface area (Å²) in [6.07, 6.45) is 0.340. The van der Waals surface area contributed by atoms with Crippen LogP contribution in [-0.4, -0.2) is 58.6 Å². The van der Waals surface area contributed by atoms with Crippen molar-refractivity contribution in [3.63, 3.8) is 0 Å². The largest absolute Gasteiger partial charge is 0.352 e. The monoisotopic (exact) mass is 387 g/mol. The number of fused-ring (bicyclic) bond motifs is 1. The van der Waals surface area contributed by atoms with Crippen molar-refractivity contribution in [3.8, 4) is 0 Å². The lowest BCUT2D eigenvalue weighted by Crippen LogP contribution is -2.53. The molecule has 28 heavy (non-hydrogen) atoms. The van der Waals surface area contributed by atoms with E-state index >= 15 is 0 Å². The summed E-state index contributed by atoms with van der Waals surface area (Å²) >= 11 is 0. The molecular weight excluding hydrogens is 358 g/mol. The standard InChI is InChI=1S/C21H29N3O4/c1-6-23(12-18(25)22-14(4)5)21(28)17(11-13(2)3)24-19(26)15-9-7-8-10-16(15)20(24)27/h7-10,13-14,17H,6,11-12H2,1-5H3,(H,22,25). The van der Waals surface area contributed by atoms with Gasteiger partial charge in [0.15, 0.2) is 0 Å². The Morgan fingerprint density at radius 3 is 2.00 bits per heavy atom. The number of imide groups is 1. The van der Waals surface area contributed by atoms with Gasteiger partial charge >= 0.3 is 0 Å². The summed E-state index contributed by atoms with van der Waals surface area (Å²) in [5.74, 6) is -1.48. The molecule has 0 bridgehead atoms. The molecule has 7 nitrogen and oxygen atoms in total. The highest BCUT2D eigenvalue weighted by molar-refractivity contribution is 6.22. The van der Waals surface area contributed by atoms with Crippen LogP contribution < -0.4 is 5.32 Å². The van der Waals surface area contributed by atoms with Gasteiger partial charge in [-0.3, -0.25) is 24.1 Å². The Morgan fingerprint density at radius 1 is 1.04 bits per heavy atom. The van der Waals surface area contributed by atoms with Crippen molar-refractivity contribution in [1.29, 1.82) is 0 Å². The van der Waals surface area contributed by atoms with Crippen LogP contribution in [-0.2, 0) is 9.59 Å². The molecule has 0 fully saturated rings. The van der Waals surface area contributed by atoms with E-state index in [9.17, 15) is 19.2 Å². The van der Waals surface area contributed by atoms with Crippen molar-refractivity contribution in [2.45, 2.75) is 53.1 Å². The number of hydrogen-bond acceptors (Lipinski definition) is 4. The van der Waals surface area contributed by atoms with Gasteiger partial charge in [-0.05, 0) is 45.2 Å². The molecule has 1 unspecified atom stereocenters. The number of nitrogens with one attached hydrogen (secondary N) is 1. The van der Waals surface area contributed by atoms with Crippen LogP contribution in [0.3, 0.4) is 0 Å². The van der Waals surface area contributed by atoms with E-state index in [0.717, 1.165) is 4.90 Å². The Kier molecular flexibility index (Phi) is 6.94. The molecule has 1 N–H and O–H groups in total. The van der Waals surface area contributed by atoms with Gasteiger partial charge < -0.3 is 10.2 Å². The highest BCUT2D eigenvalue weighted by Gasteiger charge is 2.43. The Hall–Kier alpha value is -2.70. The van der Waals surface area contributed by atoms with Gasteiger partial charge in [-0.2, -0.15) is 0 Å². The van der Waals surface area contributed by atoms with Crippen LogP contribution in [0, 0.1) is 5.92 Å². The molecule has 0 saturated heterocycles. The normalized spacial score (nSPS) is 14.5. The third-order valence-corrected chi connectivity index (χ3v) is 4.59. The number of carbonyl (C=O) groups is 4. The number of nitrogens with zero attached hydrogens (tertiary/aromatic N) is 2. The van der Waals surface area contributed by atoms with Gasteiger partial charge in [0, 0.05) is 12.6 Å². The number of benzene rings is 1. The molecule has 1 atom stereocenters. The predicted molar refractivity (Wildman–Crippen MR) is 106 cm³/mol. The van der Waals surface area contributed by atoms with E-state index in [1.54, 1.807) is 31.2 Å². The minimum Gasteiger partial charge on any atom is -0.352 e. The van der Waals surface area contributed by atoms with Crippen molar-refractivity contribution in [1.82, 2.24) is 15.1 Å². The van der Waals surface area contributed by atoms with Crippen LogP contribution in [0.15, 0.2) is 24.3 Å². The van der Waals surface area contributed by atoms with Crippen molar-refractivity contribution in [3.05, 3.63) is 35.4 Å². The highest BCUT2D eigenvalue weighted by Crippen LogP contribution is 2.27. The third-order valence-electron chi connectivity index (χ3n) is 4.59. The third kappa shape index (κ3) is 4.58. The molecule has 1 aliphatic heterocycles. The zero-order valence-electron chi connectivity index (χ0n) is 17.2. The molecule has 0 radical (unpaired) electrons. The summed E-state index contributed by atoms with van der Waals surface area (Å²) in [6.45, 7) is 9.52. The average molecular weight is 387 g/mol. The number of amides is 4. The van der Waals surface area contributed by atoms with Gasteiger partial charge in [0.05, 0.1) is 17.7 Å². The molecule has 1 aromatic rings. The fourth-order valence-corrected chi connectivity index (χ4v) is 3.35. The van der Waals surface area contributed by atoms with Gasteiger partial charge in [-0.15, -0.1) is 0 Å². The molecule has 0 aromatic heterocycles. The van der Waals surface area contributed by atoms with Gasteiger partial charge in [-0.1, -0.05) is 26.0 Å². The smallest absolute Gasteiger partial charge is 0.262 e. The van der Waals surface area contributed by atoms with Crippen LogP contribution in [0.2, 0.25) is 0 Å². The van der Waals surface area contributed by atoms with E-state index in [1.165, 1.54) is 4.90 Å². The minimum absolute atomic E-state index is 0.0380. The van der Waals surface area contributed by atoms with Gasteiger partial charge in [0.25, 0.3) is 11.8 Å². The van der Waals surface area contributed by atoms with Gasteiger partial charge in [-0.25, -0.2) is 0 Å². The van der Waals surface area contributed by atoms with E-state index in [-0.39, 0.29) is 30.3 Å². The Bertz CT molecular complexity index is 738. The van der Waals surface area contributed by atoms with Gasteiger partial charge in [0.1, 0.15) is 6.04 Å². The summed E-state index contributed by atoms with van der Waals surface area (Å²) in [6, 6.07) is 5.62. The molecule has 4 amide bonds. The molecule has 1 aliphatic rings. The Labute approximate surface area is 166 Å². The van der Waals surface area contributed by atoms with Crippen LogP contribution in [0.1, 0.15) is 61.8 Å². The average Bonchev–Trinajstić information content (AvgIpc) is 2.87. The Morgan fingerprint density at radius 2 is 1.57 bits per heavy atom. The summed E-state index contributed by atoms with van der Waals surface area (Å²) in [5.41, 5.74) is 0.629. The number of hydrogen-bond donors (Lipinski definition) is 1. The first-order chi connectivity index (χ1) is 13.2. The maximum Gasteiger partial charge on any atom is 0.262 e. The maximum atomic E-state index is 13.3. The number of rotatable bonds is 8. The van der Waals surface area contributed by atoms with Crippen molar-refractivity contribution >= 4 is 23.6 Å². The van der Waals surface area contributed by atoms with Crippen molar-refractivity contribution in [2.75, 3.05) is 13.1 Å². The lowest BCUT2D eigenvalue weighted by Gasteiger charge is -2.31. The molecule has 1 aromatic carbocycles. The second-order valence-corrected chi connectivity index (χ2v) is 7.75. The Balaban J connectivity index is 2.30. The molecular formula is C21H29N3O4. The topological polar surface area (TPSA) is 86.8 Å². The zero-order valence-corrected chi connectivity index (χ0v) is 17.2. The van der Waals surface area contributed by atoms with Crippen LogP contribution >= 0.6 is 0 Å². The van der Waals surface area contributed by atoms with E-state index in [4.69, 9.17) is 0 Å². The first kappa shape index (κ1) is 21.6. The van der Waals surface area contributed by atoms with E-state index in [1.807, 2.05) is 27.7 Å². The molecule has 1 heterocycles. The summed E-state index contributed by atoms with van der Waals surface area (Å²) in [5, 5.41) is 2.76. The molecule has 0 spiro atoms. The van der Waals surface area contributed by atoms with Crippen LogP contribution in [0.5, 0.6) is 0 Å². The van der Waals surface area contributed by atoms with E-state index < -0.39 is 17.9 Å². The van der Waals surface area contributed by atoms with E-state index in [0.29, 0.717) is 24.1 Å². The second-order valence-electron chi connectivity index (χ2n) is 7.75. The molecule has 152 valence electrons. The molecule has 2 rings (SSSR count). The minimum atomic E-state index is -0.931. The lowest BCUT2D eigenvalue weighted by atomic mass is 10.0. The lowest BCUT2D eigenvalue weighted by molar-refractivity contribution is -0.139. The molecule has 7 heteroatoms. The van der Waals surface area contributed by atoms with Crippen molar-refractivity contribution < 1.29 is 19.2 Å². The first-order valence-electron chi connectivity index (χ1n) is 9.72. The fourth-order valence-electron chi connectivity index (χ4n) is 3.35. The zero-order chi connectivity index (χ0) is 21.0. The summed E-state index contributed by atoms with van der Waals surface area (Å²) in [7, 11) is 0. The second kappa shape index (κ2) is 8.99. The number of likely N-dealkylation sites (N-methyl/N-ethyl adjacent to an activating group) is 1. The van der Waals surface area contributed by atoms with Gasteiger partial charge in [0.2, 0.25) is 11.8 Å². The summed E-state index contributed by atoms with van der Waals surface area (Å²) < 4.78 is 0. The molecule has 0 aliphatic carbocycles. The molecule has 0 saturated carbocycles. The van der Waals surface area contributed by atoms with Crippen molar-refractivity contribution in [2.24, 2.45) is 5.92 Å². The number of carbonyl (C=O) groups excluding carboxylic acids is 4. The van der Waals surface area contributed by atoms with Crippen LogP contribution in [0.4, 0.5) is 0 Å². The maximum absolute atomic E-state index is 13.3. The SMILES string of the molecule is CCN(CC(=O)NC(C)C)C(=O)C(CC(C)C)N1C(=O)c2ccccc2C1=O. The fraction of sp³-hybridized carbons (Fsp3) is 0.524. The first-order valence-corrected chi connectivity index (χ1v) is 9.72. The highest BCUT2D eigenvalue weighted by atomic mass is 16.2. The van der Waals surface area contributed by atoms with Crippen LogP contribution in [0.25, 0.3) is 0 Å².